The van der Waals surface area contributed by atoms with E-state index in [2.05, 4.69) is 4.74 Å². The normalized spacial score (nSPS) is 12.0. The molecule has 0 heterocycles. The van der Waals surface area contributed by atoms with E-state index in [0.29, 0.717) is 0 Å². The molecule has 1 aromatic rings. The van der Waals surface area contributed by atoms with Gasteiger partial charge in [0.25, 0.3) is 5.76 Å². The Hall–Kier alpha value is -1.92. The summed E-state index contributed by atoms with van der Waals surface area (Å²) in [5, 5.41) is 0. The number of carbonyl (C=O) groups excluding carboxylic acids is 1. The van der Waals surface area contributed by atoms with Crippen molar-refractivity contribution in [2.24, 2.45) is 0 Å². The van der Waals surface area contributed by atoms with Crippen LogP contribution in [-0.2, 0) is 10.2 Å². The van der Waals surface area contributed by atoms with E-state index in [1.807, 2.05) is 20.8 Å². The first-order valence-corrected chi connectivity index (χ1v) is 5.88. The van der Waals surface area contributed by atoms with E-state index in [1.165, 1.54) is 24.3 Å². The van der Waals surface area contributed by atoms with Gasteiger partial charge < -0.3 is 4.74 Å². The lowest BCUT2D eigenvalue weighted by Crippen LogP contribution is -2.19. The summed E-state index contributed by atoms with van der Waals surface area (Å²) in [4.78, 5) is 11.5. The molecular weight excluding hydrogens is 295 g/mol. The van der Waals surface area contributed by atoms with Crippen LogP contribution in [0.2, 0.25) is 0 Å². The average molecular weight is 308 g/mol. The molecule has 0 aliphatic heterocycles. The molecule has 1 rings (SSSR count). The molecule has 0 bridgehead atoms. The zero-order valence-corrected chi connectivity index (χ0v) is 11.5. The molecule has 0 unspecified atom stereocenters. The molecule has 1 aromatic carbocycles. The highest BCUT2D eigenvalue weighted by Gasteiger charge is 2.42. The van der Waals surface area contributed by atoms with Gasteiger partial charge in [0.2, 0.25) is 0 Å². The largest absolute Gasteiger partial charge is 0.455 e. The molecular formula is C14H13F5O2. The zero-order valence-electron chi connectivity index (χ0n) is 11.5. The molecule has 0 saturated carbocycles. The molecule has 0 saturated heterocycles. The monoisotopic (exact) mass is 308 g/mol. The van der Waals surface area contributed by atoms with Crippen molar-refractivity contribution in [2.45, 2.75) is 32.4 Å². The highest BCUT2D eigenvalue weighted by molar-refractivity contribution is 5.90. The number of benzene rings is 1. The lowest BCUT2D eigenvalue weighted by Gasteiger charge is -2.19. The minimum Gasteiger partial charge on any atom is -0.412 e. The topological polar surface area (TPSA) is 26.3 Å². The van der Waals surface area contributed by atoms with Crippen molar-refractivity contribution in [3.63, 3.8) is 0 Å². The maximum Gasteiger partial charge on any atom is 0.455 e. The Morgan fingerprint density at radius 3 is 1.81 bits per heavy atom. The molecule has 0 aliphatic carbocycles. The molecule has 0 N–H and O–H groups in total. The highest BCUT2D eigenvalue weighted by atomic mass is 19.4. The number of halogens is 5. The molecule has 2 nitrogen and oxygen atoms in total. The van der Waals surface area contributed by atoms with Crippen LogP contribution in [0.5, 0.6) is 0 Å². The number of ether oxygens (including phenoxy) is 1. The van der Waals surface area contributed by atoms with Crippen LogP contribution in [0.3, 0.4) is 0 Å². The third-order valence-electron chi connectivity index (χ3n) is 2.61. The van der Waals surface area contributed by atoms with Crippen molar-refractivity contribution < 1.29 is 31.5 Å². The van der Waals surface area contributed by atoms with Crippen molar-refractivity contribution in [3.05, 3.63) is 47.2 Å². The van der Waals surface area contributed by atoms with Crippen molar-refractivity contribution in [1.82, 2.24) is 0 Å². The third-order valence-corrected chi connectivity index (χ3v) is 2.61. The van der Waals surface area contributed by atoms with Gasteiger partial charge in [-0.3, -0.25) is 0 Å². The van der Waals surface area contributed by atoms with Crippen LogP contribution in [-0.4, -0.2) is 12.1 Å². The molecule has 0 aromatic heterocycles. The molecule has 7 heteroatoms. The summed E-state index contributed by atoms with van der Waals surface area (Å²) in [7, 11) is 0. The fraction of sp³-hybridized carbons (Fsp3) is 0.357. The minimum atomic E-state index is -5.43. The van der Waals surface area contributed by atoms with E-state index in [4.69, 9.17) is 0 Å². The SMILES string of the molecule is CC(C)(C)c1ccc(C(=O)OC(=C(F)F)C(F)(F)F)cc1. The Labute approximate surface area is 118 Å². The zero-order chi connectivity index (χ0) is 16.4. The van der Waals surface area contributed by atoms with E-state index in [0.717, 1.165) is 5.56 Å². The lowest BCUT2D eigenvalue weighted by molar-refractivity contribution is -0.127. The van der Waals surface area contributed by atoms with Gasteiger partial charge in [-0.2, -0.15) is 22.0 Å². The fourth-order valence-electron chi connectivity index (χ4n) is 1.46. The number of rotatable bonds is 2. The Balaban J connectivity index is 2.98. The second kappa shape index (κ2) is 5.83. The number of hydrogen-bond donors (Lipinski definition) is 0. The summed E-state index contributed by atoms with van der Waals surface area (Å²) >= 11 is 0. The van der Waals surface area contributed by atoms with Gasteiger partial charge in [0.15, 0.2) is 0 Å². The maximum absolute atomic E-state index is 12.3. The predicted molar refractivity (Wildman–Crippen MR) is 65.9 cm³/mol. The Kier molecular flexibility index (Phi) is 4.76. The van der Waals surface area contributed by atoms with Gasteiger partial charge in [-0.1, -0.05) is 32.9 Å². The third kappa shape index (κ3) is 4.54. The first kappa shape index (κ1) is 17.1. The quantitative estimate of drug-likeness (QED) is 0.445. The van der Waals surface area contributed by atoms with E-state index in [-0.39, 0.29) is 11.0 Å². The van der Waals surface area contributed by atoms with Gasteiger partial charge in [0.1, 0.15) is 0 Å². The smallest absolute Gasteiger partial charge is 0.412 e. The maximum atomic E-state index is 12.3. The molecule has 0 spiro atoms. The first-order valence-electron chi connectivity index (χ1n) is 5.88. The molecule has 21 heavy (non-hydrogen) atoms. The second-order valence-corrected chi connectivity index (χ2v) is 5.30. The Morgan fingerprint density at radius 1 is 1.00 bits per heavy atom. The van der Waals surface area contributed by atoms with Crippen LogP contribution in [0.1, 0.15) is 36.7 Å². The lowest BCUT2D eigenvalue weighted by atomic mass is 9.87. The second-order valence-electron chi connectivity index (χ2n) is 5.30. The number of carbonyl (C=O) groups is 1. The van der Waals surface area contributed by atoms with Gasteiger partial charge in [0, 0.05) is 0 Å². The summed E-state index contributed by atoms with van der Waals surface area (Å²) in [6.45, 7) is 5.72. The van der Waals surface area contributed by atoms with Crippen LogP contribution in [0.4, 0.5) is 22.0 Å². The minimum absolute atomic E-state index is 0.218. The highest BCUT2D eigenvalue weighted by Crippen LogP contribution is 2.31. The fourth-order valence-corrected chi connectivity index (χ4v) is 1.46. The molecule has 0 amide bonds. The van der Waals surface area contributed by atoms with Gasteiger partial charge in [-0.25, -0.2) is 4.79 Å². The molecule has 0 aliphatic rings. The number of hydrogen-bond acceptors (Lipinski definition) is 2. The summed E-state index contributed by atoms with van der Waals surface area (Å²) in [5.41, 5.74) is 0.373. The number of alkyl halides is 3. The van der Waals surface area contributed by atoms with Crippen molar-refractivity contribution in [3.8, 4) is 0 Å². The molecule has 116 valence electrons. The van der Waals surface area contributed by atoms with Gasteiger partial charge in [0.05, 0.1) is 5.56 Å². The van der Waals surface area contributed by atoms with E-state index < -0.39 is 24.0 Å². The predicted octanol–water partition coefficient (Wildman–Crippen LogP) is 4.81. The van der Waals surface area contributed by atoms with Crippen LogP contribution >= 0.6 is 0 Å². The van der Waals surface area contributed by atoms with Crippen LogP contribution in [0, 0.1) is 0 Å². The van der Waals surface area contributed by atoms with E-state index >= 15 is 0 Å². The van der Waals surface area contributed by atoms with E-state index in [9.17, 15) is 26.7 Å². The van der Waals surface area contributed by atoms with Crippen molar-refractivity contribution in [1.29, 1.82) is 0 Å². The summed E-state index contributed by atoms with van der Waals surface area (Å²) in [5.74, 6) is -4.08. The summed E-state index contributed by atoms with van der Waals surface area (Å²) in [6.07, 6.45) is -8.53. The number of esters is 1. The van der Waals surface area contributed by atoms with Crippen molar-refractivity contribution >= 4 is 5.97 Å². The summed E-state index contributed by atoms with van der Waals surface area (Å²) < 4.78 is 64.9. The van der Waals surface area contributed by atoms with Gasteiger partial charge in [-0.15, -0.1) is 0 Å². The molecule has 0 fully saturated rings. The summed E-state index contributed by atoms with van der Waals surface area (Å²) in [6, 6.07) is 5.51. The van der Waals surface area contributed by atoms with Crippen LogP contribution < -0.4 is 0 Å². The van der Waals surface area contributed by atoms with Gasteiger partial charge >= 0.3 is 18.2 Å². The molecule has 0 atom stereocenters. The van der Waals surface area contributed by atoms with Crippen LogP contribution in [0.15, 0.2) is 36.1 Å². The van der Waals surface area contributed by atoms with Crippen LogP contribution in [0.25, 0.3) is 0 Å². The first-order chi connectivity index (χ1) is 9.43. The Morgan fingerprint density at radius 2 is 1.48 bits per heavy atom. The molecule has 0 radical (unpaired) electrons. The number of allylic oxidation sites excluding steroid dienone is 1. The average Bonchev–Trinajstić information content (AvgIpc) is 2.33. The van der Waals surface area contributed by atoms with Gasteiger partial charge in [-0.05, 0) is 23.1 Å². The van der Waals surface area contributed by atoms with E-state index in [1.54, 1.807) is 0 Å². The Bertz CT molecular complexity index is 546. The van der Waals surface area contributed by atoms with Crippen molar-refractivity contribution in [2.75, 3.05) is 0 Å². The standard InChI is InChI=1S/C14H13F5O2/c1-13(2,3)9-6-4-8(5-7-9)12(20)21-10(11(15)16)14(17,18)19/h4-7H,1-3H3.